The summed E-state index contributed by atoms with van der Waals surface area (Å²) < 4.78 is 14.1. The molecular formula is C19H15BrFNO4. The molecule has 1 atom stereocenters. The normalized spacial score (nSPS) is 19.2. The van der Waals surface area contributed by atoms with Gasteiger partial charge in [-0.3, -0.25) is 9.59 Å². The Morgan fingerprint density at radius 3 is 2.27 bits per heavy atom. The third kappa shape index (κ3) is 3.27. The maximum absolute atomic E-state index is 13.3. The fourth-order valence-electron chi connectivity index (χ4n) is 2.97. The number of hydrogen-bond acceptors (Lipinski definition) is 4. The second-order valence-corrected chi connectivity index (χ2v) is 6.69. The number of aliphatic hydroxyl groups is 2. The molecule has 7 heteroatoms. The van der Waals surface area contributed by atoms with Gasteiger partial charge in [0.2, 0.25) is 0 Å². The van der Waals surface area contributed by atoms with Gasteiger partial charge in [-0.05, 0) is 29.8 Å². The summed E-state index contributed by atoms with van der Waals surface area (Å²) in [5.41, 5.74) is 0.761. The monoisotopic (exact) mass is 419 g/mol. The van der Waals surface area contributed by atoms with E-state index < -0.39 is 23.5 Å². The molecule has 0 spiro atoms. The van der Waals surface area contributed by atoms with E-state index >= 15 is 0 Å². The van der Waals surface area contributed by atoms with Gasteiger partial charge in [-0.1, -0.05) is 40.2 Å². The first kappa shape index (κ1) is 18.3. The molecule has 5 nitrogen and oxygen atoms in total. The zero-order valence-corrected chi connectivity index (χ0v) is 15.1. The maximum Gasteiger partial charge on any atom is 0.295 e. The Kier molecular flexibility index (Phi) is 5.20. The lowest BCUT2D eigenvalue weighted by Crippen LogP contribution is -2.32. The number of halogens is 2. The van der Waals surface area contributed by atoms with Gasteiger partial charge in [-0.25, -0.2) is 4.39 Å². The van der Waals surface area contributed by atoms with Crippen molar-refractivity contribution in [2.75, 3.05) is 13.2 Å². The molecule has 1 heterocycles. The van der Waals surface area contributed by atoms with Crippen molar-refractivity contribution in [1.82, 2.24) is 4.90 Å². The van der Waals surface area contributed by atoms with Crippen LogP contribution in [0.1, 0.15) is 17.2 Å². The second-order valence-electron chi connectivity index (χ2n) is 5.77. The highest BCUT2D eigenvalue weighted by atomic mass is 79.9. The number of likely N-dealkylation sites (tertiary alicyclic amines) is 1. The van der Waals surface area contributed by atoms with E-state index in [-0.39, 0.29) is 24.5 Å². The van der Waals surface area contributed by atoms with Crippen LogP contribution in [-0.2, 0) is 9.59 Å². The topological polar surface area (TPSA) is 77.8 Å². The van der Waals surface area contributed by atoms with E-state index in [1.54, 1.807) is 24.3 Å². The van der Waals surface area contributed by atoms with Gasteiger partial charge < -0.3 is 15.1 Å². The van der Waals surface area contributed by atoms with Crippen molar-refractivity contribution in [3.8, 4) is 0 Å². The third-order valence-corrected chi connectivity index (χ3v) is 4.71. The van der Waals surface area contributed by atoms with Crippen molar-refractivity contribution >= 4 is 33.4 Å². The summed E-state index contributed by atoms with van der Waals surface area (Å²) in [6.07, 6.45) is 0. The van der Waals surface area contributed by atoms with Crippen LogP contribution in [-0.4, -0.2) is 40.0 Å². The van der Waals surface area contributed by atoms with Crippen LogP contribution in [0.2, 0.25) is 0 Å². The van der Waals surface area contributed by atoms with Crippen molar-refractivity contribution in [2.24, 2.45) is 0 Å². The van der Waals surface area contributed by atoms with Crippen molar-refractivity contribution in [3.63, 3.8) is 0 Å². The Hall–Kier alpha value is -2.51. The van der Waals surface area contributed by atoms with E-state index in [1.807, 2.05) is 0 Å². The highest BCUT2D eigenvalue weighted by Gasteiger charge is 2.45. The molecule has 1 fully saturated rings. The predicted octanol–water partition coefficient (Wildman–Crippen LogP) is 3.00. The molecule has 0 aromatic heterocycles. The molecule has 0 radical (unpaired) electrons. The van der Waals surface area contributed by atoms with Crippen molar-refractivity contribution < 1.29 is 24.2 Å². The fraction of sp³-hybridized carbons (Fsp3) is 0.158. The SMILES string of the molecule is O=C1C(=O)N(CCO)[C@@H](c2ccc(F)cc2)/C1=C(\O)c1ccc(Br)cc1. The summed E-state index contributed by atoms with van der Waals surface area (Å²) in [6.45, 7) is -0.424. The van der Waals surface area contributed by atoms with Crippen molar-refractivity contribution in [1.29, 1.82) is 0 Å². The lowest BCUT2D eigenvalue weighted by molar-refractivity contribution is -0.140. The molecular weight excluding hydrogens is 405 g/mol. The Bertz CT molecular complexity index is 877. The summed E-state index contributed by atoms with van der Waals surface area (Å²) in [6, 6.07) is 11.1. The number of carbonyl (C=O) groups is 2. The standard InChI is InChI=1S/C19H15BrFNO4/c20-13-5-1-12(2-6-13)17(24)15-16(11-3-7-14(21)8-4-11)22(9-10-23)19(26)18(15)25/h1-8,16,23-24H,9-10H2/b17-15+/t16-/m0/s1. The molecule has 134 valence electrons. The molecule has 1 aliphatic heterocycles. The molecule has 0 unspecified atom stereocenters. The van der Waals surface area contributed by atoms with Gasteiger partial charge in [-0.15, -0.1) is 0 Å². The molecule has 0 aliphatic carbocycles. The van der Waals surface area contributed by atoms with Gasteiger partial charge in [0.15, 0.2) is 0 Å². The molecule has 1 saturated heterocycles. The minimum Gasteiger partial charge on any atom is -0.507 e. The van der Waals surface area contributed by atoms with Crippen LogP contribution in [0.3, 0.4) is 0 Å². The van der Waals surface area contributed by atoms with Crippen LogP contribution in [0, 0.1) is 5.82 Å². The third-order valence-electron chi connectivity index (χ3n) is 4.18. The number of amides is 1. The minimum absolute atomic E-state index is 0.0796. The van der Waals surface area contributed by atoms with Crippen LogP contribution in [0.15, 0.2) is 58.6 Å². The first-order valence-electron chi connectivity index (χ1n) is 7.84. The smallest absolute Gasteiger partial charge is 0.295 e. The molecule has 2 aromatic carbocycles. The molecule has 2 N–H and O–H groups in total. The quantitative estimate of drug-likeness (QED) is 0.453. The number of β-amino-alcohol motifs (C(OH)–C–C–N with tert-alkyl or cyclic N) is 1. The summed E-state index contributed by atoms with van der Waals surface area (Å²) in [5, 5.41) is 20.0. The lowest BCUT2D eigenvalue weighted by atomic mass is 9.95. The number of Topliss-reactive ketones (excluding diaryl/α,β-unsaturated/α-hetero) is 1. The van der Waals surface area contributed by atoms with Crippen LogP contribution >= 0.6 is 15.9 Å². The minimum atomic E-state index is -0.897. The maximum atomic E-state index is 13.3. The van der Waals surface area contributed by atoms with Crippen molar-refractivity contribution in [3.05, 3.63) is 75.5 Å². The number of nitrogens with zero attached hydrogens (tertiary/aromatic N) is 1. The highest BCUT2D eigenvalue weighted by molar-refractivity contribution is 9.10. The van der Waals surface area contributed by atoms with E-state index in [0.717, 1.165) is 4.47 Å². The number of rotatable bonds is 4. The van der Waals surface area contributed by atoms with Gasteiger partial charge in [0.1, 0.15) is 11.6 Å². The predicted molar refractivity (Wildman–Crippen MR) is 96.6 cm³/mol. The first-order valence-corrected chi connectivity index (χ1v) is 8.64. The van der Waals surface area contributed by atoms with Gasteiger partial charge in [-0.2, -0.15) is 0 Å². The van der Waals surface area contributed by atoms with E-state index in [1.165, 1.54) is 29.2 Å². The zero-order valence-electron chi connectivity index (χ0n) is 13.5. The van der Waals surface area contributed by atoms with E-state index in [4.69, 9.17) is 0 Å². The van der Waals surface area contributed by atoms with Crippen LogP contribution in [0.4, 0.5) is 4.39 Å². The summed E-state index contributed by atoms with van der Waals surface area (Å²) >= 11 is 3.29. The van der Waals surface area contributed by atoms with Gasteiger partial charge in [0, 0.05) is 16.6 Å². The zero-order chi connectivity index (χ0) is 18.8. The van der Waals surface area contributed by atoms with E-state index in [0.29, 0.717) is 11.1 Å². The molecule has 1 aliphatic rings. The number of aliphatic hydroxyl groups excluding tert-OH is 2. The Balaban J connectivity index is 2.17. The number of ketones is 1. The number of carbonyl (C=O) groups excluding carboxylic acids is 2. The first-order chi connectivity index (χ1) is 12.4. The molecule has 0 bridgehead atoms. The Morgan fingerprint density at radius 2 is 1.69 bits per heavy atom. The Labute approximate surface area is 157 Å². The van der Waals surface area contributed by atoms with Crippen molar-refractivity contribution in [2.45, 2.75) is 6.04 Å². The van der Waals surface area contributed by atoms with E-state index in [2.05, 4.69) is 15.9 Å². The van der Waals surface area contributed by atoms with Gasteiger partial charge in [0.25, 0.3) is 11.7 Å². The molecule has 1 amide bonds. The average Bonchev–Trinajstić information content (AvgIpc) is 2.88. The van der Waals surface area contributed by atoms with Crippen LogP contribution < -0.4 is 0 Å². The lowest BCUT2D eigenvalue weighted by Gasteiger charge is -2.24. The largest absolute Gasteiger partial charge is 0.507 e. The number of benzene rings is 2. The fourth-order valence-corrected chi connectivity index (χ4v) is 3.24. The Morgan fingerprint density at radius 1 is 1.08 bits per heavy atom. The van der Waals surface area contributed by atoms with Gasteiger partial charge in [0.05, 0.1) is 18.2 Å². The van der Waals surface area contributed by atoms with Crippen LogP contribution in [0.5, 0.6) is 0 Å². The average molecular weight is 420 g/mol. The summed E-state index contributed by atoms with van der Waals surface area (Å²) in [7, 11) is 0. The van der Waals surface area contributed by atoms with Gasteiger partial charge >= 0.3 is 0 Å². The van der Waals surface area contributed by atoms with E-state index in [9.17, 15) is 24.2 Å². The highest BCUT2D eigenvalue weighted by Crippen LogP contribution is 2.39. The second kappa shape index (κ2) is 7.39. The molecule has 2 aromatic rings. The summed E-state index contributed by atoms with van der Waals surface area (Å²) in [5.74, 6) is -2.42. The van der Waals surface area contributed by atoms with Crippen LogP contribution in [0.25, 0.3) is 5.76 Å². The molecule has 26 heavy (non-hydrogen) atoms. The molecule has 0 saturated carbocycles. The number of hydrogen-bond donors (Lipinski definition) is 2. The molecule has 3 rings (SSSR count). The summed E-state index contributed by atoms with van der Waals surface area (Å²) in [4.78, 5) is 26.1.